The van der Waals surface area contributed by atoms with Crippen LogP contribution in [0, 0.1) is 6.92 Å². The zero-order chi connectivity index (χ0) is 22.3. The summed E-state index contributed by atoms with van der Waals surface area (Å²) in [5.41, 5.74) is 3.45. The zero-order valence-electron chi connectivity index (χ0n) is 17.9. The average molecular weight is 449 g/mol. The number of aromatic nitrogens is 3. The van der Waals surface area contributed by atoms with E-state index < -0.39 is 0 Å². The van der Waals surface area contributed by atoms with Crippen molar-refractivity contribution >= 4 is 28.5 Å². The molecular formula is C25H25ClN4O2. The van der Waals surface area contributed by atoms with E-state index in [1.807, 2.05) is 43.3 Å². The Hall–Kier alpha value is -3.38. The maximum absolute atomic E-state index is 12.3. The molecule has 0 unspecified atom stereocenters. The molecule has 0 aliphatic rings. The Morgan fingerprint density at radius 3 is 2.78 bits per heavy atom. The molecule has 164 valence electrons. The summed E-state index contributed by atoms with van der Waals surface area (Å²) >= 11 is 6.08. The maximum atomic E-state index is 12.3. The van der Waals surface area contributed by atoms with Crippen molar-refractivity contribution in [1.29, 1.82) is 0 Å². The molecule has 32 heavy (non-hydrogen) atoms. The van der Waals surface area contributed by atoms with E-state index in [4.69, 9.17) is 21.3 Å². The first kappa shape index (κ1) is 21.8. The molecule has 6 nitrogen and oxygen atoms in total. The van der Waals surface area contributed by atoms with Gasteiger partial charge in [0.2, 0.25) is 0 Å². The highest BCUT2D eigenvalue weighted by atomic mass is 35.5. The molecule has 0 fully saturated rings. The van der Waals surface area contributed by atoms with Crippen LogP contribution in [0.3, 0.4) is 0 Å². The van der Waals surface area contributed by atoms with Crippen molar-refractivity contribution in [3.05, 3.63) is 89.0 Å². The molecule has 1 amide bonds. The minimum absolute atomic E-state index is 0.181. The van der Waals surface area contributed by atoms with Gasteiger partial charge in [0.15, 0.2) is 0 Å². The molecule has 0 aliphatic heterocycles. The number of carbonyl (C=O) groups excluding carboxylic acids is 1. The summed E-state index contributed by atoms with van der Waals surface area (Å²) in [6, 6.07) is 19.1. The van der Waals surface area contributed by atoms with Crippen molar-refractivity contribution in [3.8, 4) is 5.75 Å². The molecule has 0 spiro atoms. The number of hydrogen-bond donors (Lipinski definition) is 1. The summed E-state index contributed by atoms with van der Waals surface area (Å²) < 4.78 is 8.10. The minimum atomic E-state index is -0.181. The predicted molar refractivity (Wildman–Crippen MR) is 126 cm³/mol. The van der Waals surface area contributed by atoms with Crippen LogP contribution in [0.2, 0.25) is 5.02 Å². The molecule has 4 aromatic rings. The molecule has 0 aliphatic carbocycles. The Labute approximate surface area is 192 Å². The van der Waals surface area contributed by atoms with Crippen LogP contribution in [-0.2, 0) is 13.0 Å². The van der Waals surface area contributed by atoms with Crippen LogP contribution in [0.5, 0.6) is 5.75 Å². The summed E-state index contributed by atoms with van der Waals surface area (Å²) in [4.78, 5) is 21.1. The maximum Gasteiger partial charge on any atom is 0.269 e. The van der Waals surface area contributed by atoms with Gasteiger partial charge >= 0.3 is 0 Å². The smallest absolute Gasteiger partial charge is 0.269 e. The molecule has 0 saturated heterocycles. The molecule has 0 atom stereocenters. The zero-order valence-corrected chi connectivity index (χ0v) is 18.7. The van der Waals surface area contributed by atoms with Crippen LogP contribution in [0.1, 0.15) is 28.3 Å². The van der Waals surface area contributed by atoms with Crippen molar-refractivity contribution in [3.63, 3.8) is 0 Å². The van der Waals surface area contributed by atoms with E-state index >= 15 is 0 Å². The van der Waals surface area contributed by atoms with Crippen LogP contribution in [0.15, 0.2) is 66.9 Å². The topological polar surface area (TPSA) is 69.0 Å². The first-order valence-corrected chi connectivity index (χ1v) is 11.0. The number of pyridine rings is 1. The summed E-state index contributed by atoms with van der Waals surface area (Å²) in [6.45, 7) is 3.81. The molecular weight excluding hydrogens is 424 g/mol. The van der Waals surface area contributed by atoms with Crippen molar-refractivity contribution < 1.29 is 9.53 Å². The fourth-order valence-electron chi connectivity index (χ4n) is 3.56. The number of aryl methyl sites for hydroxylation is 2. The highest BCUT2D eigenvalue weighted by Gasteiger charge is 2.12. The second kappa shape index (κ2) is 10.3. The number of benzene rings is 2. The Kier molecular flexibility index (Phi) is 7.02. The minimum Gasteiger partial charge on any atom is -0.494 e. The molecule has 2 aromatic carbocycles. The predicted octanol–water partition coefficient (Wildman–Crippen LogP) is 4.83. The van der Waals surface area contributed by atoms with Gasteiger partial charge in [0.25, 0.3) is 5.91 Å². The number of ether oxygens (including phenoxy) is 1. The van der Waals surface area contributed by atoms with Gasteiger partial charge in [0.1, 0.15) is 17.3 Å². The normalized spacial score (nSPS) is 10.9. The van der Waals surface area contributed by atoms with E-state index in [1.165, 1.54) is 0 Å². The molecule has 2 aromatic heterocycles. The molecule has 0 radical (unpaired) electrons. The standard InChI is InChI=1S/C25H25ClN4O2/c1-18-17-19(10-11-20(18)26)32-16-6-15-30-23-9-3-2-7-21(23)29-24(30)12-14-28-25(31)22-8-4-5-13-27-22/h2-5,7-11,13,17H,6,12,14-16H2,1H3,(H,28,31). The third-order valence-electron chi connectivity index (χ3n) is 5.19. The highest BCUT2D eigenvalue weighted by molar-refractivity contribution is 6.31. The average Bonchev–Trinajstić information content (AvgIpc) is 3.17. The van der Waals surface area contributed by atoms with Crippen molar-refractivity contribution in [2.24, 2.45) is 0 Å². The van der Waals surface area contributed by atoms with E-state index in [2.05, 4.69) is 20.9 Å². The van der Waals surface area contributed by atoms with Crippen LogP contribution < -0.4 is 10.1 Å². The number of carbonyl (C=O) groups is 1. The second-order valence-corrected chi connectivity index (χ2v) is 7.91. The number of amides is 1. The lowest BCUT2D eigenvalue weighted by molar-refractivity contribution is 0.0949. The van der Waals surface area contributed by atoms with Crippen molar-refractivity contribution in [2.75, 3.05) is 13.2 Å². The number of para-hydroxylation sites is 2. The Balaban J connectivity index is 1.37. The Morgan fingerprint density at radius 2 is 1.97 bits per heavy atom. The van der Waals surface area contributed by atoms with E-state index in [0.717, 1.165) is 46.2 Å². The number of halogens is 1. The third-order valence-corrected chi connectivity index (χ3v) is 5.61. The van der Waals surface area contributed by atoms with Gasteiger partial charge in [-0.15, -0.1) is 0 Å². The molecule has 4 rings (SSSR count). The van der Waals surface area contributed by atoms with Gasteiger partial charge in [-0.1, -0.05) is 29.8 Å². The fraction of sp³-hybridized carbons (Fsp3) is 0.240. The number of fused-ring (bicyclic) bond motifs is 1. The number of imidazole rings is 1. The van der Waals surface area contributed by atoms with E-state index in [1.54, 1.807) is 24.4 Å². The van der Waals surface area contributed by atoms with Gasteiger partial charge in [-0.25, -0.2) is 4.98 Å². The first-order chi connectivity index (χ1) is 15.6. The van der Waals surface area contributed by atoms with E-state index in [0.29, 0.717) is 25.3 Å². The third kappa shape index (κ3) is 5.26. The first-order valence-electron chi connectivity index (χ1n) is 10.6. The van der Waals surface area contributed by atoms with Gasteiger partial charge in [0.05, 0.1) is 17.6 Å². The lowest BCUT2D eigenvalue weighted by Crippen LogP contribution is -2.27. The van der Waals surface area contributed by atoms with E-state index in [9.17, 15) is 4.79 Å². The number of nitrogens with zero attached hydrogens (tertiary/aromatic N) is 3. The lowest BCUT2D eigenvalue weighted by Gasteiger charge is -2.11. The molecule has 7 heteroatoms. The van der Waals surface area contributed by atoms with Crippen LogP contribution >= 0.6 is 11.6 Å². The summed E-state index contributed by atoms with van der Waals surface area (Å²) in [5, 5.41) is 3.67. The molecule has 2 heterocycles. The molecule has 0 saturated carbocycles. The van der Waals surface area contributed by atoms with Gasteiger partial charge < -0.3 is 14.6 Å². The number of nitrogens with one attached hydrogen (secondary N) is 1. The molecule has 1 N–H and O–H groups in total. The lowest BCUT2D eigenvalue weighted by atomic mass is 10.2. The van der Waals surface area contributed by atoms with Gasteiger partial charge in [-0.05, 0) is 61.4 Å². The SMILES string of the molecule is Cc1cc(OCCCn2c(CCNC(=O)c3ccccn3)nc3ccccc32)ccc1Cl. The Bertz CT molecular complexity index is 1210. The van der Waals surface area contributed by atoms with Crippen LogP contribution in [0.25, 0.3) is 11.0 Å². The monoisotopic (exact) mass is 448 g/mol. The number of hydrogen-bond acceptors (Lipinski definition) is 4. The summed E-state index contributed by atoms with van der Waals surface area (Å²) in [5.74, 6) is 1.58. The van der Waals surface area contributed by atoms with Crippen LogP contribution in [0.4, 0.5) is 0 Å². The fourth-order valence-corrected chi connectivity index (χ4v) is 3.68. The van der Waals surface area contributed by atoms with Crippen molar-refractivity contribution in [2.45, 2.75) is 26.3 Å². The van der Waals surface area contributed by atoms with E-state index in [-0.39, 0.29) is 5.91 Å². The van der Waals surface area contributed by atoms with Gasteiger partial charge in [-0.2, -0.15) is 0 Å². The van der Waals surface area contributed by atoms with Crippen LogP contribution in [-0.4, -0.2) is 33.6 Å². The van der Waals surface area contributed by atoms with Gasteiger partial charge in [-0.3, -0.25) is 9.78 Å². The van der Waals surface area contributed by atoms with Gasteiger partial charge in [0, 0.05) is 30.7 Å². The number of rotatable bonds is 9. The van der Waals surface area contributed by atoms with Crippen molar-refractivity contribution in [1.82, 2.24) is 19.9 Å². The second-order valence-electron chi connectivity index (χ2n) is 7.50. The Morgan fingerprint density at radius 1 is 1.12 bits per heavy atom. The quantitative estimate of drug-likeness (QED) is 0.372. The summed E-state index contributed by atoms with van der Waals surface area (Å²) in [6.07, 6.45) is 3.07. The summed E-state index contributed by atoms with van der Waals surface area (Å²) in [7, 11) is 0. The molecule has 0 bridgehead atoms. The highest BCUT2D eigenvalue weighted by Crippen LogP contribution is 2.21. The largest absolute Gasteiger partial charge is 0.494 e.